The second kappa shape index (κ2) is 8.87. The number of aliphatic carboxylic acids is 1. The van der Waals surface area contributed by atoms with Gasteiger partial charge in [0.2, 0.25) is 0 Å². The number of anilines is 1. The Bertz CT molecular complexity index is 865. The first-order chi connectivity index (χ1) is 13.3. The minimum absolute atomic E-state index is 0.0990. The van der Waals surface area contributed by atoms with Gasteiger partial charge < -0.3 is 15.5 Å². The number of hydrogen-bond donors (Lipinski definition) is 3. The summed E-state index contributed by atoms with van der Waals surface area (Å²) in [6.07, 6.45) is 1.20. The van der Waals surface area contributed by atoms with Crippen molar-refractivity contribution in [3.05, 3.63) is 59.4 Å². The molecule has 4 nitrogen and oxygen atoms in total. The third-order valence-electron chi connectivity index (χ3n) is 4.74. The maximum atomic E-state index is 14.2. The SMILES string of the molecule is O=C(O)CC1CCC(Sc2cc(C(O)Nc3ccc(F)c(F)c3)ccc2F)C1. The molecule has 1 saturated carbocycles. The third kappa shape index (κ3) is 5.20. The molecule has 8 heteroatoms. The average Bonchev–Trinajstić information content (AvgIpc) is 3.06. The maximum Gasteiger partial charge on any atom is 0.303 e. The van der Waals surface area contributed by atoms with E-state index < -0.39 is 29.6 Å². The number of benzene rings is 2. The standard InChI is InChI=1S/C20H20F3NO3S/c21-15-6-3-13(10-17(15)23)24-20(27)12-2-5-16(22)18(9-12)28-14-4-1-11(7-14)8-19(25)26/h2-3,5-6,9-11,14,20,24,27H,1,4,7-8H2,(H,25,26). The first kappa shape index (κ1) is 20.5. The molecule has 150 valence electrons. The van der Waals surface area contributed by atoms with Crippen LogP contribution in [-0.2, 0) is 4.79 Å². The van der Waals surface area contributed by atoms with Gasteiger partial charge in [-0.1, -0.05) is 6.07 Å². The molecule has 0 bridgehead atoms. The van der Waals surface area contributed by atoms with Crippen LogP contribution in [0.15, 0.2) is 41.3 Å². The first-order valence-corrected chi connectivity index (χ1v) is 9.77. The Kier molecular flexibility index (Phi) is 6.51. The molecule has 0 radical (unpaired) electrons. The van der Waals surface area contributed by atoms with E-state index in [1.807, 2.05) is 0 Å². The van der Waals surface area contributed by atoms with Gasteiger partial charge in [-0.2, -0.15) is 0 Å². The van der Waals surface area contributed by atoms with E-state index in [-0.39, 0.29) is 23.3 Å². The number of carbonyl (C=O) groups is 1. The summed E-state index contributed by atoms with van der Waals surface area (Å²) >= 11 is 1.33. The predicted molar refractivity (Wildman–Crippen MR) is 101 cm³/mol. The summed E-state index contributed by atoms with van der Waals surface area (Å²) in [6, 6.07) is 7.35. The summed E-state index contributed by atoms with van der Waals surface area (Å²) in [5.41, 5.74) is 0.575. The number of carboxylic acids is 1. The molecule has 0 spiro atoms. The third-order valence-corrected chi connectivity index (χ3v) is 6.07. The molecule has 3 unspecified atom stereocenters. The van der Waals surface area contributed by atoms with Crippen LogP contribution in [-0.4, -0.2) is 21.4 Å². The van der Waals surface area contributed by atoms with E-state index in [1.54, 1.807) is 0 Å². The van der Waals surface area contributed by atoms with E-state index in [0.717, 1.165) is 25.0 Å². The van der Waals surface area contributed by atoms with Crippen molar-refractivity contribution in [1.29, 1.82) is 0 Å². The molecule has 1 fully saturated rings. The minimum Gasteiger partial charge on any atom is -0.481 e. The van der Waals surface area contributed by atoms with Crippen molar-refractivity contribution in [2.75, 3.05) is 5.32 Å². The van der Waals surface area contributed by atoms with Crippen LogP contribution in [0.2, 0.25) is 0 Å². The Balaban J connectivity index is 1.67. The molecule has 2 aromatic rings. The van der Waals surface area contributed by atoms with Crippen molar-refractivity contribution in [3.8, 4) is 0 Å². The molecule has 28 heavy (non-hydrogen) atoms. The van der Waals surface area contributed by atoms with Gasteiger partial charge in [-0.05, 0) is 49.4 Å². The number of halogens is 3. The van der Waals surface area contributed by atoms with Crippen molar-refractivity contribution < 1.29 is 28.2 Å². The first-order valence-electron chi connectivity index (χ1n) is 8.89. The molecule has 1 aliphatic carbocycles. The van der Waals surface area contributed by atoms with Gasteiger partial charge >= 0.3 is 5.97 Å². The molecule has 3 rings (SSSR count). The minimum atomic E-state index is -1.23. The van der Waals surface area contributed by atoms with Gasteiger partial charge in [0, 0.05) is 33.9 Å². The van der Waals surface area contributed by atoms with Crippen LogP contribution in [0.25, 0.3) is 0 Å². The van der Waals surface area contributed by atoms with Crippen molar-refractivity contribution in [2.45, 2.75) is 42.1 Å². The van der Waals surface area contributed by atoms with Crippen LogP contribution >= 0.6 is 11.8 Å². The van der Waals surface area contributed by atoms with E-state index in [2.05, 4.69) is 5.32 Å². The van der Waals surface area contributed by atoms with Crippen molar-refractivity contribution in [2.24, 2.45) is 5.92 Å². The summed E-state index contributed by atoms with van der Waals surface area (Å²) in [4.78, 5) is 11.2. The summed E-state index contributed by atoms with van der Waals surface area (Å²) in [5.74, 6) is -3.17. The van der Waals surface area contributed by atoms with Gasteiger partial charge in [0.1, 0.15) is 5.82 Å². The molecular formula is C20H20F3NO3S. The van der Waals surface area contributed by atoms with E-state index in [0.29, 0.717) is 16.9 Å². The lowest BCUT2D eigenvalue weighted by Gasteiger charge is -2.17. The fourth-order valence-electron chi connectivity index (χ4n) is 3.36. The molecule has 0 aliphatic heterocycles. The number of hydrogen-bond acceptors (Lipinski definition) is 4. The monoisotopic (exact) mass is 411 g/mol. The normalized spacial score (nSPS) is 20.1. The molecule has 1 aliphatic rings. The zero-order valence-corrected chi connectivity index (χ0v) is 15.7. The Hall–Kier alpha value is -2.19. The van der Waals surface area contributed by atoms with Crippen molar-refractivity contribution in [1.82, 2.24) is 0 Å². The Labute approximate surface area is 164 Å². The molecule has 0 heterocycles. The van der Waals surface area contributed by atoms with Gasteiger partial charge in [-0.25, -0.2) is 13.2 Å². The lowest BCUT2D eigenvalue weighted by Crippen LogP contribution is -2.10. The molecule has 0 aromatic heterocycles. The highest BCUT2D eigenvalue weighted by atomic mass is 32.2. The smallest absolute Gasteiger partial charge is 0.303 e. The van der Waals surface area contributed by atoms with E-state index in [1.165, 1.54) is 36.0 Å². The number of aliphatic hydroxyl groups excluding tert-OH is 1. The second-order valence-corrected chi connectivity index (χ2v) is 8.22. The molecule has 3 atom stereocenters. The van der Waals surface area contributed by atoms with Gasteiger partial charge in [0.25, 0.3) is 0 Å². The predicted octanol–water partition coefficient (Wildman–Crippen LogP) is 4.94. The van der Waals surface area contributed by atoms with Crippen LogP contribution in [0.3, 0.4) is 0 Å². The number of nitrogens with one attached hydrogen (secondary N) is 1. The zero-order valence-electron chi connectivity index (χ0n) is 14.9. The Morgan fingerprint density at radius 2 is 1.86 bits per heavy atom. The van der Waals surface area contributed by atoms with E-state index >= 15 is 0 Å². The summed E-state index contributed by atoms with van der Waals surface area (Å²) in [5, 5.41) is 22.0. The van der Waals surface area contributed by atoms with Gasteiger partial charge in [-0.3, -0.25) is 4.79 Å². The van der Waals surface area contributed by atoms with Gasteiger partial charge in [0.05, 0.1) is 0 Å². The van der Waals surface area contributed by atoms with Crippen LogP contribution in [0, 0.1) is 23.4 Å². The number of rotatable bonds is 7. The second-order valence-electron chi connectivity index (χ2n) is 6.88. The summed E-state index contributed by atoms with van der Waals surface area (Å²) < 4.78 is 40.5. The lowest BCUT2D eigenvalue weighted by molar-refractivity contribution is -0.138. The summed E-state index contributed by atoms with van der Waals surface area (Å²) in [7, 11) is 0. The largest absolute Gasteiger partial charge is 0.481 e. The quantitative estimate of drug-likeness (QED) is 0.563. The van der Waals surface area contributed by atoms with Crippen LogP contribution < -0.4 is 5.32 Å². The van der Waals surface area contributed by atoms with Gasteiger partial charge in [-0.15, -0.1) is 11.8 Å². The number of carboxylic acid groups (broad SMARTS) is 1. The van der Waals surface area contributed by atoms with Crippen LogP contribution in [0.4, 0.5) is 18.9 Å². The molecule has 2 aromatic carbocycles. The average molecular weight is 411 g/mol. The summed E-state index contributed by atoms with van der Waals surface area (Å²) in [6.45, 7) is 0. The van der Waals surface area contributed by atoms with Gasteiger partial charge in [0.15, 0.2) is 17.9 Å². The van der Waals surface area contributed by atoms with Crippen LogP contribution in [0.5, 0.6) is 0 Å². The molecule has 0 amide bonds. The molecule has 3 N–H and O–H groups in total. The fourth-order valence-corrected chi connectivity index (χ4v) is 4.72. The Morgan fingerprint density at radius 3 is 2.57 bits per heavy atom. The van der Waals surface area contributed by atoms with Crippen molar-refractivity contribution >= 4 is 23.4 Å². The highest BCUT2D eigenvalue weighted by Gasteiger charge is 2.28. The molecule has 0 saturated heterocycles. The maximum absolute atomic E-state index is 14.2. The lowest BCUT2D eigenvalue weighted by atomic mass is 10.1. The fraction of sp³-hybridized carbons (Fsp3) is 0.350. The Morgan fingerprint density at radius 1 is 1.11 bits per heavy atom. The van der Waals surface area contributed by atoms with E-state index in [4.69, 9.17) is 5.11 Å². The highest BCUT2D eigenvalue weighted by molar-refractivity contribution is 8.00. The topological polar surface area (TPSA) is 69.6 Å². The number of aliphatic hydroxyl groups is 1. The van der Waals surface area contributed by atoms with Crippen LogP contribution in [0.1, 0.15) is 37.5 Å². The molecular weight excluding hydrogens is 391 g/mol. The number of thioether (sulfide) groups is 1. The van der Waals surface area contributed by atoms with E-state index in [9.17, 15) is 23.1 Å². The highest BCUT2D eigenvalue weighted by Crippen LogP contribution is 2.40. The zero-order chi connectivity index (χ0) is 20.3. The van der Waals surface area contributed by atoms with Crippen molar-refractivity contribution in [3.63, 3.8) is 0 Å².